The van der Waals surface area contributed by atoms with Crippen molar-refractivity contribution in [2.24, 2.45) is 5.92 Å². The van der Waals surface area contributed by atoms with Crippen molar-refractivity contribution < 1.29 is 9.69 Å². The van der Waals surface area contributed by atoms with Gasteiger partial charge in [0.25, 0.3) is 0 Å². The summed E-state index contributed by atoms with van der Waals surface area (Å²) in [5.74, 6) is 0.222. The van der Waals surface area contributed by atoms with Gasteiger partial charge in [-0.15, -0.1) is 0 Å². The Hall–Kier alpha value is -1.55. The third-order valence-corrected chi connectivity index (χ3v) is 5.15. The number of hydrogen-bond acceptors (Lipinski definition) is 1. The van der Waals surface area contributed by atoms with Gasteiger partial charge >= 0.3 is 0 Å². The second-order valence-electron chi connectivity index (χ2n) is 6.29. The van der Waals surface area contributed by atoms with E-state index in [-0.39, 0.29) is 11.8 Å². The molecule has 1 aliphatic heterocycles. The molecule has 1 saturated heterocycles. The molecule has 0 atom stereocenters. The summed E-state index contributed by atoms with van der Waals surface area (Å²) in [6, 6.07) is 15.3. The minimum atomic E-state index is 0.0923. The molecule has 1 fully saturated rings. The Morgan fingerprint density at radius 3 is 2.46 bits per heavy atom. The van der Waals surface area contributed by atoms with Crippen molar-refractivity contribution >= 4 is 34.8 Å². The average Bonchev–Trinajstić information content (AvgIpc) is 2.59. The minimum Gasteiger partial charge on any atom is -0.331 e. The number of benzene rings is 2. The van der Waals surface area contributed by atoms with Gasteiger partial charge in [0.05, 0.1) is 18.1 Å². The Kier molecular flexibility index (Phi) is 5.77. The number of anilines is 1. The predicted molar refractivity (Wildman–Crippen MR) is 98.7 cm³/mol. The molecule has 0 aliphatic carbocycles. The van der Waals surface area contributed by atoms with Gasteiger partial charge in [0.1, 0.15) is 6.54 Å². The molecule has 1 amide bonds. The third kappa shape index (κ3) is 4.50. The topological polar surface area (TPSA) is 33.5 Å². The van der Waals surface area contributed by atoms with Gasteiger partial charge < -0.3 is 10.2 Å². The van der Waals surface area contributed by atoms with Crippen LogP contribution in [-0.4, -0.2) is 19.0 Å². The maximum atomic E-state index is 12.4. The van der Waals surface area contributed by atoms with Crippen LogP contribution in [0, 0.1) is 5.92 Å². The predicted octanol–water partition coefficient (Wildman–Crippen LogP) is 3.43. The Bertz CT molecular complexity index is 698. The van der Waals surface area contributed by atoms with Gasteiger partial charge in [-0.05, 0) is 24.3 Å². The van der Waals surface area contributed by atoms with Crippen molar-refractivity contribution in [3.05, 3.63) is 64.1 Å². The minimum absolute atomic E-state index is 0.0923. The van der Waals surface area contributed by atoms with Crippen LogP contribution in [0.25, 0.3) is 0 Å². The standard InChI is InChI=1S/C19H20Cl2N2O/c20-16-7-6-15(18(21)12-16)13-23-10-8-14(9-11-23)19(24)22-17-4-2-1-3-5-17/h1-7,12,14H,8-11,13H2,(H,22,24)/p+1. The molecule has 0 bridgehead atoms. The van der Waals surface area contributed by atoms with E-state index < -0.39 is 0 Å². The molecule has 0 saturated carbocycles. The van der Waals surface area contributed by atoms with Crippen LogP contribution in [0.3, 0.4) is 0 Å². The number of halogens is 2. The van der Waals surface area contributed by atoms with E-state index >= 15 is 0 Å². The molecular weight excluding hydrogens is 343 g/mol. The maximum absolute atomic E-state index is 12.4. The number of hydrogen-bond donors (Lipinski definition) is 2. The molecule has 2 N–H and O–H groups in total. The van der Waals surface area contributed by atoms with Crippen LogP contribution in [0.15, 0.2) is 48.5 Å². The molecule has 2 aromatic carbocycles. The van der Waals surface area contributed by atoms with Crippen LogP contribution >= 0.6 is 23.2 Å². The summed E-state index contributed by atoms with van der Waals surface area (Å²) >= 11 is 12.2. The lowest BCUT2D eigenvalue weighted by Gasteiger charge is -2.29. The first-order valence-electron chi connectivity index (χ1n) is 8.25. The lowest BCUT2D eigenvalue weighted by atomic mass is 9.95. The Morgan fingerprint density at radius 1 is 1.08 bits per heavy atom. The molecular formula is C19H21Cl2N2O+. The largest absolute Gasteiger partial charge is 0.331 e. The highest BCUT2D eigenvalue weighted by atomic mass is 35.5. The number of carbonyl (C=O) groups excluding carboxylic acids is 1. The molecule has 2 aromatic rings. The second kappa shape index (κ2) is 8.02. The van der Waals surface area contributed by atoms with E-state index in [0.29, 0.717) is 5.02 Å². The lowest BCUT2D eigenvalue weighted by molar-refractivity contribution is -0.919. The number of carbonyl (C=O) groups is 1. The van der Waals surface area contributed by atoms with Gasteiger partial charge in [0, 0.05) is 35.0 Å². The molecule has 1 aliphatic rings. The molecule has 5 heteroatoms. The van der Waals surface area contributed by atoms with Crippen LogP contribution in [0.1, 0.15) is 18.4 Å². The van der Waals surface area contributed by atoms with Gasteiger partial charge in [0.15, 0.2) is 0 Å². The van der Waals surface area contributed by atoms with Crippen molar-refractivity contribution in [1.82, 2.24) is 0 Å². The van der Waals surface area contributed by atoms with Crippen molar-refractivity contribution in [2.75, 3.05) is 18.4 Å². The fourth-order valence-electron chi connectivity index (χ4n) is 3.17. The van der Waals surface area contributed by atoms with E-state index in [0.717, 1.165) is 48.7 Å². The number of nitrogens with one attached hydrogen (secondary N) is 2. The van der Waals surface area contributed by atoms with Crippen LogP contribution in [0.5, 0.6) is 0 Å². The molecule has 3 rings (SSSR count). The van der Waals surface area contributed by atoms with Gasteiger partial charge in [-0.25, -0.2) is 0 Å². The molecule has 1 heterocycles. The highest BCUT2D eigenvalue weighted by molar-refractivity contribution is 6.35. The van der Waals surface area contributed by atoms with Crippen molar-refractivity contribution in [1.29, 1.82) is 0 Å². The summed E-state index contributed by atoms with van der Waals surface area (Å²) in [5.41, 5.74) is 1.98. The van der Waals surface area contributed by atoms with E-state index in [9.17, 15) is 4.79 Å². The molecule has 24 heavy (non-hydrogen) atoms. The fraction of sp³-hybridized carbons (Fsp3) is 0.316. The Morgan fingerprint density at radius 2 is 1.79 bits per heavy atom. The van der Waals surface area contributed by atoms with Gasteiger partial charge in [-0.1, -0.05) is 47.5 Å². The molecule has 0 unspecified atom stereocenters. The average molecular weight is 364 g/mol. The molecule has 0 spiro atoms. The Balaban J connectivity index is 1.51. The summed E-state index contributed by atoms with van der Waals surface area (Å²) in [6.45, 7) is 2.83. The van der Waals surface area contributed by atoms with Crippen LogP contribution in [0.4, 0.5) is 5.69 Å². The summed E-state index contributed by atoms with van der Waals surface area (Å²) in [7, 11) is 0. The van der Waals surface area contributed by atoms with Crippen LogP contribution in [-0.2, 0) is 11.3 Å². The van der Waals surface area contributed by atoms with Crippen LogP contribution < -0.4 is 10.2 Å². The maximum Gasteiger partial charge on any atom is 0.227 e. The number of para-hydroxylation sites is 1. The quantitative estimate of drug-likeness (QED) is 0.856. The highest BCUT2D eigenvalue weighted by Crippen LogP contribution is 2.21. The summed E-state index contributed by atoms with van der Waals surface area (Å²) in [4.78, 5) is 13.8. The monoisotopic (exact) mass is 363 g/mol. The van der Waals surface area contributed by atoms with E-state index in [1.807, 2.05) is 42.5 Å². The first-order valence-corrected chi connectivity index (χ1v) is 9.01. The van der Waals surface area contributed by atoms with Gasteiger partial charge in [0.2, 0.25) is 5.91 Å². The van der Waals surface area contributed by atoms with Crippen molar-refractivity contribution in [3.8, 4) is 0 Å². The highest BCUT2D eigenvalue weighted by Gasteiger charge is 2.27. The second-order valence-corrected chi connectivity index (χ2v) is 7.14. The number of piperidine rings is 1. The van der Waals surface area contributed by atoms with E-state index in [2.05, 4.69) is 5.32 Å². The first kappa shape index (κ1) is 17.3. The lowest BCUT2D eigenvalue weighted by Crippen LogP contribution is -3.11. The van der Waals surface area contributed by atoms with Crippen molar-refractivity contribution in [2.45, 2.75) is 19.4 Å². The van der Waals surface area contributed by atoms with E-state index in [1.165, 1.54) is 4.90 Å². The zero-order valence-electron chi connectivity index (χ0n) is 13.4. The van der Waals surface area contributed by atoms with Crippen LogP contribution in [0.2, 0.25) is 10.0 Å². The SMILES string of the molecule is O=C(Nc1ccccc1)C1CC[NH+](Cc2ccc(Cl)cc2Cl)CC1. The number of quaternary nitrogens is 1. The molecule has 0 aromatic heterocycles. The zero-order valence-corrected chi connectivity index (χ0v) is 14.9. The number of likely N-dealkylation sites (tertiary alicyclic amines) is 1. The summed E-state index contributed by atoms with van der Waals surface area (Å²) in [6.07, 6.45) is 1.80. The van der Waals surface area contributed by atoms with E-state index in [4.69, 9.17) is 23.2 Å². The van der Waals surface area contributed by atoms with Gasteiger partial charge in [-0.3, -0.25) is 4.79 Å². The smallest absolute Gasteiger partial charge is 0.227 e. The Labute approximate surface area is 152 Å². The molecule has 126 valence electrons. The number of amides is 1. The zero-order chi connectivity index (χ0) is 16.9. The van der Waals surface area contributed by atoms with E-state index in [1.54, 1.807) is 6.07 Å². The molecule has 3 nitrogen and oxygen atoms in total. The first-order chi connectivity index (χ1) is 11.6. The summed E-state index contributed by atoms with van der Waals surface area (Å²) < 4.78 is 0. The third-order valence-electron chi connectivity index (χ3n) is 4.56. The van der Waals surface area contributed by atoms with Crippen molar-refractivity contribution in [3.63, 3.8) is 0 Å². The van der Waals surface area contributed by atoms with Gasteiger partial charge in [-0.2, -0.15) is 0 Å². The summed E-state index contributed by atoms with van der Waals surface area (Å²) in [5, 5.41) is 4.39. The fourth-order valence-corrected chi connectivity index (χ4v) is 3.64. The normalized spacial score (nSPS) is 20.6. The number of rotatable bonds is 4. The molecule has 0 radical (unpaired) electrons.